The quantitative estimate of drug-likeness (QED) is 0.0233. The first-order valence-electron chi connectivity index (χ1n) is 23.5. The Morgan fingerprint density at radius 1 is 0.550 bits per heavy atom. The maximum atomic E-state index is 12.6. The van der Waals surface area contributed by atoms with Crippen molar-refractivity contribution in [2.24, 2.45) is 5.73 Å². The summed E-state index contributed by atoms with van der Waals surface area (Å²) in [7, 11) is -4.63. The van der Waals surface area contributed by atoms with Gasteiger partial charge in [-0.3, -0.25) is 18.6 Å². The van der Waals surface area contributed by atoms with Crippen molar-refractivity contribution >= 4 is 19.8 Å². The summed E-state index contributed by atoms with van der Waals surface area (Å²) in [6.07, 6.45) is 55.2. The number of carbonyl (C=O) groups is 2. The third-order valence-corrected chi connectivity index (χ3v) is 10.7. The Kier molecular flexibility index (Phi) is 42.5. The zero-order valence-electron chi connectivity index (χ0n) is 37.8. The van der Waals surface area contributed by atoms with Crippen molar-refractivity contribution in [1.82, 2.24) is 0 Å². The lowest BCUT2D eigenvalue weighted by molar-refractivity contribution is -0.154. The number of unbranched alkanes of at least 4 members (excludes halogenated alkanes) is 18. The van der Waals surface area contributed by atoms with Crippen LogP contribution in [-0.2, 0) is 32.7 Å². The highest BCUT2D eigenvalue weighted by molar-refractivity contribution is 7.47. The first-order chi connectivity index (χ1) is 29.2. The van der Waals surface area contributed by atoms with Gasteiger partial charge >= 0.3 is 19.8 Å². The lowest BCUT2D eigenvalue weighted by Crippen LogP contribution is -2.34. The number of phosphoric acid groups is 1. The molecule has 0 fully saturated rings. The first kappa shape index (κ1) is 57.4. The number of carboxylic acids is 1. The summed E-state index contributed by atoms with van der Waals surface area (Å²) < 4.78 is 33.4. The van der Waals surface area contributed by atoms with Gasteiger partial charge in [-0.1, -0.05) is 170 Å². The molecule has 11 heteroatoms. The average molecular weight is 864 g/mol. The molecule has 10 nitrogen and oxygen atoms in total. The second-order valence-electron chi connectivity index (χ2n) is 15.5. The number of hydrogen-bond acceptors (Lipinski definition) is 8. The molecular formula is C49H86NO9P. The van der Waals surface area contributed by atoms with E-state index in [0.717, 1.165) is 89.9 Å². The molecule has 0 spiro atoms. The molecule has 0 aliphatic carbocycles. The Balaban J connectivity index is 4.20. The lowest BCUT2D eigenvalue weighted by atomic mass is 10.1. The van der Waals surface area contributed by atoms with Crippen LogP contribution in [-0.4, -0.2) is 60.5 Å². The number of allylic oxidation sites excluding steroid dienone is 12. The molecule has 0 amide bonds. The minimum atomic E-state index is -4.63. The zero-order valence-corrected chi connectivity index (χ0v) is 38.7. The van der Waals surface area contributed by atoms with Gasteiger partial charge in [-0.2, -0.15) is 0 Å². The van der Waals surface area contributed by atoms with Gasteiger partial charge in [-0.05, 0) is 83.5 Å². The minimum Gasteiger partial charge on any atom is -0.480 e. The average Bonchev–Trinajstić information content (AvgIpc) is 3.23. The lowest BCUT2D eigenvalue weighted by Gasteiger charge is -2.20. The number of ether oxygens (including phenoxy) is 2. The van der Waals surface area contributed by atoms with Crippen LogP contribution in [0.3, 0.4) is 0 Å². The van der Waals surface area contributed by atoms with E-state index >= 15 is 0 Å². The summed E-state index contributed by atoms with van der Waals surface area (Å²) in [5, 5.41) is 8.91. The molecule has 3 atom stereocenters. The minimum absolute atomic E-state index is 0.00449. The van der Waals surface area contributed by atoms with E-state index in [1.165, 1.54) is 70.6 Å². The van der Waals surface area contributed by atoms with Crippen molar-refractivity contribution in [2.75, 3.05) is 26.4 Å². The second kappa shape index (κ2) is 44.5. The number of carbonyl (C=O) groups excluding carboxylic acids is 1. The highest BCUT2D eigenvalue weighted by Gasteiger charge is 2.27. The topological polar surface area (TPSA) is 155 Å². The van der Waals surface area contributed by atoms with E-state index in [2.05, 4.69) is 86.8 Å². The van der Waals surface area contributed by atoms with Crippen molar-refractivity contribution in [3.63, 3.8) is 0 Å². The van der Waals surface area contributed by atoms with Crippen molar-refractivity contribution in [2.45, 2.75) is 199 Å². The molecule has 0 aliphatic rings. The van der Waals surface area contributed by atoms with Crippen LogP contribution in [0.15, 0.2) is 72.9 Å². The van der Waals surface area contributed by atoms with E-state index in [4.69, 9.17) is 29.4 Å². The smallest absolute Gasteiger partial charge is 0.472 e. The molecule has 0 bridgehead atoms. The molecule has 3 unspecified atom stereocenters. The van der Waals surface area contributed by atoms with Gasteiger partial charge in [0, 0.05) is 13.0 Å². The summed E-state index contributed by atoms with van der Waals surface area (Å²) in [4.78, 5) is 33.6. The van der Waals surface area contributed by atoms with Crippen LogP contribution in [0.2, 0.25) is 0 Å². The molecule has 60 heavy (non-hydrogen) atoms. The maximum Gasteiger partial charge on any atom is 0.472 e. The summed E-state index contributed by atoms with van der Waals surface area (Å²) in [6.45, 7) is 3.72. The van der Waals surface area contributed by atoms with Crippen molar-refractivity contribution in [3.8, 4) is 0 Å². The predicted octanol–water partition coefficient (Wildman–Crippen LogP) is 13.4. The number of carboxylic acid groups (broad SMARTS) is 1. The van der Waals surface area contributed by atoms with E-state index in [-0.39, 0.29) is 13.0 Å². The monoisotopic (exact) mass is 864 g/mol. The molecule has 0 aromatic carbocycles. The fourth-order valence-corrected chi connectivity index (χ4v) is 6.87. The van der Waals surface area contributed by atoms with Gasteiger partial charge in [0.2, 0.25) is 0 Å². The third kappa shape index (κ3) is 43.5. The molecule has 0 saturated carbocycles. The zero-order chi connectivity index (χ0) is 44.0. The molecule has 346 valence electrons. The summed E-state index contributed by atoms with van der Waals surface area (Å²) in [6, 6.07) is -1.48. The normalized spacial score (nSPS) is 14.5. The number of hydrogen-bond donors (Lipinski definition) is 3. The van der Waals surface area contributed by atoms with Crippen LogP contribution in [0.4, 0.5) is 0 Å². The number of rotatable bonds is 44. The highest BCUT2D eigenvalue weighted by atomic mass is 31.2. The molecule has 0 aliphatic heterocycles. The van der Waals surface area contributed by atoms with Gasteiger partial charge in [0.05, 0.1) is 19.8 Å². The van der Waals surface area contributed by atoms with E-state index in [0.29, 0.717) is 13.0 Å². The largest absolute Gasteiger partial charge is 0.480 e. The fraction of sp³-hybridized carbons (Fsp3) is 0.714. The van der Waals surface area contributed by atoms with Gasteiger partial charge in [0.15, 0.2) is 0 Å². The Morgan fingerprint density at radius 3 is 1.47 bits per heavy atom. The van der Waals surface area contributed by atoms with Gasteiger partial charge in [0.25, 0.3) is 0 Å². The summed E-state index contributed by atoms with van der Waals surface area (Å²) >= 11 is 0. The predicted molar refractivity (Wildman–Crippen MR) is 249 cm³/mol. The Hall–Kier alpha value is -2.59. The summed E-state index contributed by atoms with van der Waals surface area (Å²) in [5.74, 6) is -1.79. The van der Waals surface area contributed by atoms with E-state index in [1.807, 2.05) is 0 Å². The van der Waals surface area contributed by atoms with Crippen LogP contribution in [0.25, 0.3) is 0 Å². The van der Waals surface area contributed by atoms with Gasteiger partial charge in [-0.15, -0.1) is 0 Å². The Labute approximate surface area is 365 Å². The second-order valence-corrected chi connectivity index (χ2v) is 17.0. The van der Waals surface area contributed by atoms with Crippen LogP contribution in [0.5, 0.6) is 0 Å². The summed E-state index contributed by atoms with van der Waals surface area (Å²) in [5.41, 5.74) is 5.36. The molecule has 0 saturated heterocycles. The van der Waals surface area contributed by atoms with Gasteiger partial charge < -0.3 is 25.2 Å². The Morgan fingerprint density at radius 2 is 0.967 bits per heavy atom. The highest BCUT2D eigenvalue weighted by Crippen LogP contribution is 2.43. The number of aliphatic carboxylic acids is 1. The number of phosphoric ester groups is 1. The molecule has 4 N–H and O–H groups in total. The van der Waals surface area contributed by atoms with Crippen molar-refractivity contribution < 1.29 is 42.7 Å². The van der Waals surface area contributed by atoms with Crippen LogP contribution >= 0.6 is 7.82 Å². The maximum absolute atomic E-state index is 12.6. The molecule has 0 heterocycles. The molecule has 0 radical (unpaired) electrons. The molecular weight excluding hydrogens is 778 g/mol. The van der Waals surface area contributed by atoms with E-state index < -0.39 is 45.1 Å². The number of esters is 1. The van der Waals surface area contributed by atoms with Crippen LogP contribution in [0, 0.1) is 0 Å². The van der Waals surface area contributed by atoms with Crippen molar-refractivity contribution in [3.05, 3.63) is 72.9 Å². The van der Waals surface area contributed by atoms with Crippen LogP contribution < -0.4 is 5.73 Å². The van der Waals surface area contributed by atoms with E-state index in [1.54, 1.807) is 0 Å². The SMILES string of the molecule is CC/C=C\C/C=C\C/C=C\C/C=C\C/C=C\CCCCCCCCCCOCC(COP(=O)(O)OCC(N)C(=O)O)OC(=O)CCCCCCC/C=C\CCCCCCC. The van der Waals surface area contributed by atoms with Crippen LogP contribution in [0.1, 0.15) is 187 Å². The fourth-order valence-electron chi connectivity index (χ4n) is 6.09. The Bertz CT molecular complexity index is 1230. The molecule has 0 aromatic heterocycles. The van der Waals surface area contributed by atoms with E-state index in [9.17, 15) is 19.0 Å². The standard InChI is InChI=1S/C49H86NO9P/c1-3-5-7-9-11-13-15-17-19-20-21-22-23-24-25-26-27-28-30-32-34-36-38-40-42-56-43-46(44-57-60(54,55)58-45-47(50)49(52)53)59-48(51)41-39-37-35-33-31-29-18-16-14-12-10-8-6-4-2/h5,7,11,13,16-19,21-22,24-25,46-47H,3-4,6,8-10,12,14-15,20,23,26-45,50H2,1-2H3,(H,52,53)(H,54,55)/b7-5-,13-11-,18-16-,19-17-,22-21-,25-24-. The first-order valence-corrected chi connectivity index (χ1v) is 25.0. The van der Waals surface area contributed by atoms with Gasteiger partial charge in [0.1, 0.15) is 12.1 Å². The molecule has 0 aromatic rings. The number of nitrogens with two attached hydrogens (primary N) is 1. The third-order valence-electron chi connectivity index (χ3n) is 9.72. The van der Waals surface area contributed by atoms with Gasteiger partial charge in [-0.25, -0.2) is 4.57 Å². The van der Waals surface area contributed by atoms with Crippen molar-refractivity contribution in [1.29, 1.82) is 0 Å². The molecule has 0 rings (SSSR count).